The molecule has 34 heavy (non-hydrogen) atoms. The highest BCUT2D eigenvalue weighted by Crippen LogP contribution is 2.68. The minimum Gasteiger partial charge on any atom is -0.480 e. The van der Waals surface area contributed by atoms with Crippen molar-refractivity contribution < 1.29 is 24.9 Å². The van der Waals surface area contributed by atoms with E-state index in [2.05, 4.69) is 26.1 Å². The summed E-state index contributed by atoms with van der Waals surface area (Å²) in [5.74, 6) is 1.49. The second-order valence-electron chi connectivity index (χ2n) is 13.6. The number of hydrogen-bond acceptors (Lipinski definition) is 4. The molecule has 0 aromatic rings. The standard InChI is InChI=1S/C28H47NO5/c1-16(14-26(2,3)25(34)29-15-23(32)33)19-6-7-20-24-21(9-11-28(19,20)5)27(4)10-8-18(30)12-17(27)13-22(24)31/h16-22,24,30-31H,6-15H2,1-5H3,(H,29,34)(H,32,33)/t16-,17+,18-,19-,20+,21+,22+,24+,27+,28-/m1/s1. The van der Waals surface area contributed by atoms with Gasteiger partial charge >= 0.3 is 5.97 Å². The third kappa shape index (κ3) is 4.31. The first kappa shape index (κ1) is 25.9. The van der Waals surface area contributed by atoms with E-state index in [-0.39, 0.29) is 35.5 Å². The van der Waals surface area contributed by atoms with Crippen LogP contribution >= 0.6 is 0 Å². The van der Waals surface area contributed by atoms with Gasteiger partial charge in [-0.25, -0.2) is 0 Å². The maximum Gasteiger partial charge on any atom is 0.322 e. The molecule has 4 saturated carbocycles. The van der Waals surface area contributed by atoms with E-state index in [4.69, 9.17) is 5.11 Å². The maximum absolute atomic E-state index is 12.7. The summed E-state index contributed by atoms with van der Waals surface area (Å²) in [6, 6.07) is 0. The Morgan fingerprint density at radius 1 is 1.00 bits per heavy atom. The lowest BCUT2D eigenvalue weighted by Crippen LogP contribution is -2.58. The number of aliphatic carboxylic acids is 1. The van der Waals surface area contributed by atoms with Gasteiger partial charge in [-0.05, 0) is 104 Å². The zero-order chi connectivity index (χ0) is 25.1. The fourth-order valence-corrected chi connectivity index (χ4v) is 9.61. The van der Waals surface area contributed by atoms with Gasteiger partial charge in [0.05, 0.1) is 12.2 Å². The van der Waals surface area contributed by atoms with Gasteiger partial charge in [0.2, 0.25) is 5.91 Å². The number of hydrogen-bond donors (Lipinski definition) is 4. The predicted octanol–water partition coefficient (Wildman–Crippen LogP) is 4.23. The van der Waals surface area contributed by atoms with Crippen molar-refractivity contribution in [3.8, 4) is 0 Å². The Morgan fingerprint density at radius 3 is 2.32 bits per heavy atom. The van der Waals surface area contributed by atoms with Gasteiger partial charge in [0, 0.05) is 5.41 Å². The highest BCUT2D eigenvalue weighted by Gasteiger charge is 2.63. The van der Waals surface area contributed by atoms with Gasteiger partial charge in [0.15, 0.2) is 0 Å². The molecule has 4 rings (SSSR count). The van der Waals surface area contributed by atoms with Gasteiger partial charge in [-0.1, -0.05) is 34.6 Å². The lowest BCUT2D eigenvalue weighted by Gasteiger charge is -2.62. The lowest BCUT2D eigenvalue weighted by atomic mass is 9.43. The molecule has 6 heteroatoms. The van der Waals surface area contributed by atoms with Crippen molar-refractivity contribution in [1.29, 1.82) is 0 Å². The third-order valence-corrected chi connectivity index (χ3v) is 11.3. The van der Waals surface area contributed by atoms with Crippen molar-refractivity contribution in [1.82, 2.24) is 5.32 Å². The number of aliphatic hydroxyl groups is 2. The summed E-state index contributed by atoms with van der Waals surface area (Å²) in [7, 11) is 0. The largest absolute Gasteiger partial charge is 0.480 e. The van der Waals surface area contributed by atoms with Crippen molar-refractivity contribution in [2.24, 2.45) is 51.8 Å². The van der Waals surface area contributed by atoms with Crippen LogP contribution in [0.25, 0.3) is 0 Å². The van der Waals surface area contributed by atoms with Gasteiger partial charge < -0.3 is 20.6 Å². The number of carboxylic acid groups (broad SMARTS) is 1. The Kier molecular flexibility index (Phi) is 6.91. The molecule has 194 valence electrons. The molecule has 0 saturated heterocycles. The molecule has 4 N–H and O–H groups in total. The smallest absolute Gasteiger partial charge is 0.322 e. The Balaban J connectivity index is 1.49. The molecule has 0 unspecified atom stereocenters. The molecular formula is C28H47NO5. The molecule has 0 spiro atoms. The second-order valence-corrected chi connectivity index (χ2v) is 13.6. The number of fused-ring (bicyclic) bond motifs is 5. The van der Waals surface area contributed by atoms with Crippen LogP contribution in [0.1, 0.15) is 92.4 Å². The quantitative estimate of drug-likeness (QED) is 0.458. The Labute approximate surface area is 205 Å². The molecule has 0 aliphatic heterocycles. The summed E-state index contributed by atoms with van der Waals surface area (Å²) >= 11 is 0. The summed E-state index contributed by atoms with van der Waals surface area (Å²) in [6.07, 6.45) is 8.54. The van der Waals surface area contributed by atoms with E-state index in [1.165, 1.54) is 6.42 Å². The van der Waals surface area contributed by atoms with Gasteiger partial charge in [0.25, 0.3) is 0 Å². The van der Waals surface area contributed by atoms with Crippen LogP contribution in [-0.2, 0) is 9.59 Å². The molecule has 4 fully saturated rings. The van der Waals surface area contributed by atoms with E-state index in [1.807, 2.05) is 13.8 Å². The maximum atomic E-state index is 12.7. The summed E-state index contributed by atoms with van der Waals surface area (Å²) in [4.78, 5) is 23.6. The number of carbonyl (C=O) groups excluding carboxylic acids is 1. The average Bonchev–Trinajstić information content (AvgIpc) is 3.10. The Hall–Kier alpha value is -1.14. The molecule has 6 nitrogen and oxygen atoms in total. The number of aliphatic hydroxyl groups excluding tert-OH is 2. The predicted molar refractivity (Wildman–Crippen MR) is 131 cm³/mol. The van der Waals surface area contributed by atoms with Crippen LogP contribution in [0.5, 0.6) is 0 Å². The summed E-state index contributed by atoms with van der Waals surface area (Å²) in [5, 5.41) is 33.2. The summed E-state index contributed by atoms with van der Waals surface area (Å²) in [6.45, 7) is 10.7. The second kappa shape index (κ2) is 9.06. The number of rotatable bonds is 6. The Bertz CT molecular complexity index is 798. The van der Waals surface area contributed by atoms with Gasteiger partial charge in [-0.3, -0.25) is 9.59 Å². The van der Waals surface area contributed by atoms with E-state index in [0.29, 0.717) is 35.5 Å². The molecule has 0 aromatic carbocycles. The van der Waals surface area contributed by atoms with Crippen molar-refractivity contribution in [2.75, 3.05) is 6.54 Å². The average molecular weight is 478 g/mol. The minimum absolute atomic E-state index is 0.173. The number of nitrogens with one attached hydrogen (secondary N) is 1. The highest BCUT2D eigenvalue weighted by atomic mass is 16.4. The summed E-state index contributed by atoms with van der Waals surface area (Å²) < 4.78 is 0. The van der Waals surface area contributed by atoms with Crippen LogP contribution in [0.2, 0.25) is 0 Å². The molecule has 1 amide bonds. The van der Waals surface area contributed by atoms with Gasteiger partial charge in [-0.2, -0.15) is 0 Å². The highest BCUT2D eigenvalue weighted by molar-refractivity contribution is 5.85. The van der Waals surface area contributed by atoms with E-state index in [1.54, 1.807) is 0 Å². The van der Waals surface area contributed by atoms with Crippen LogP contribution in [-0.4, -0.2) is 45.9 Å². The fourth-order valence-electron chi connectivity index (χ4n) is 9.61. The van der Waals surface area contributed by atoms with Crippen LogP contribution in [0, 0.1) is 51.8 Å². The SMILES string of the molecule is C[C@H](CC(C)(C)C(=O)NCC(=O)O)[C@H]1CC[C@H]2[C@@H]3[C@@H](O)C[C@@H]4C[C@H](O)CC[C@]4(C)[C@H]3CC[C@]12C. The summed E-state index contributed by atoms with van der Waals surface area (Å²) in [5.41, 5.74) is -0.209. The van der Waals surface area contributed by atoms with Crippen molar-refractivity contribution in [3.63, 3.8) is 0 Å². The number of carbonyl (C=O) groups is 2. The fraction of sp³-hybridized carbons (Fsp3) is 0.929. The van der Waals surface area contributed by atoms with Crippen LogP contribution < -0.4 is 5.32 Å². The monoisotopic (exact) mass is 477 g/mol. The number of carboxylic acids is 1. The number of amides is 1. The van der Waals surface area contributed by atoms with Crippen LogP contribution in [0.3, 0.4) is 0 Å². The zero-order valence-electron chi connectivity index (χ0n) is 21.8. The first-order chi connectivity index (χ1) is 15.8. The molecule has 0 aromatic heterocycles. The topological polar surface area (TPSA) is 107 Å². The third-order valence-electron chi connectivity index (χ3n) is 11.3. The lowest BCUT2D eigenvalue weighted by molar-refractivity contribution is -0.174. The Morgan fingerprint density at radius 2 is 1.65 bits per heavy atom. The van der Waals surface area contributed by atoms with Crippen molar-refractivity contribution in [2.45, 2.75) is 105 Å². The first-order valence-electron chi connectivity index (χ1n) is 13.7. The molecule has 0 bridgehead atoms. The molecule has 0 heterocycles. The molecule has 0 radical (unpaired) electrons. The zero-order valence-corrected chi connectivity index (χ0v) is 21.8. The van der Waals surface area contributed by atoms with Crippen molar-refractivity contribution >= 4 is 11.9 Å². The molecule has 4 aliphatic carbocycles. The molecular weight excluding hydrogens is 430 g/mol. The minimum atomic E-state index is -1.02. The van der Waals surface area contributed by atoms with Crippen molar-refractivity contribution in [3.05, 3.63) is 0 Å². The molecule has 4 aliphatic rings. The van der Waals surface area contributed by atoms with E-state index in [9.17, 15) is 19.8 Å². The first-order valence-corrected chi connectivity index (χ1v) is 13.7. The van der Waals surface area contributed by atoms with E-state index < -0.39 is 11.4 Å². The normalized spacial score (nSPS) is 45.0. The van der Waals surface area contributed by atoms with E-state index >= 15 is 0 Å². The van der Waals surface area contributed by atoms with Gasteiger partial charge in [-0.15, -0.1) is 0 Å². The van der Waals surface area contributed by atoms with Gasteiger partial charge in [0.1, 0.15) is 6.54 Å². The van der Waals surface area contributed by atoms with Crippen LogP contribution in [0.15, 0.2) is 0 Å². The molecule has 10 atom stereocenters. The van der Waals surface area contributed by atoms with Crippen LogP contribution in [0.4, 0.5) is 0 Å². The van der Waals surface area contributed by atoms with E-state index in [0.717, 1.165) is 51.4 Å².